The Balaban J connectivity index is 1.57. The van der Waals surface area contributed by atoms with Crippen LogP contribution in [0, 0.1) is 17.3 Å². The van der Waals surface area contributed by atoms with Crippen molar-refractivity contribution in [3.63, 3.8) is 0 Å². The predicted octanol–water partition coefficient (Wildman–Crippen LogP) is 0.275. The third-order valence-electron chi connectivity index (χ3n) is 8.90. The number of aliphatic hydroxyl groups excluding tert-OH is 2. The van der Waals surface area contributed by atoms with E-state index in [0.29, 0.717) is 12.0 Å². The van der Waals surface area contributed by atoms with E-state index >= 15 is 0 Å². The molecule has 0 radical (unpaired) electrons. The van der Waals surface area contributed by atoms with E-state index in [-0.39, 0.29) is 24.9 Å². The number of esters is 1. The fourth-order valence-electron chi connectivity index (χ4n) is 7.61. The van der Waals surface area contributed by atoms with Crippen LogP contribution in [0.3, 0.4) is 0 Å². The van der Waals surface area contributed by atoms with Crippen LogP contribution in [0.25, 0.3) is 0 Å². The van der Waals surface area contributed by atoms with Crippen LogP contribution >= 0.6 is 11.6 Å². The Kier molecular flexibility index (Phi) is 3.09. The molecule has 4 fully saturated rings. The first kappa shape index (κ1) is 18.1. The second-order valence-electron chi connectivity index (χ2n) is 9.96. The van der Waals surface area contributed by atoms with Gasteiger partial charge in [-0.05, 0) is 30.3 Å². The minimum Gasteiger partial charge on any atom is -0.458 e. The highest BCUT2D eigenvalue weighted by Gasteiger charge is 2.94. The molecule has 3 aliphatic carbocycles. The third kappa shape index (κ3) is 1.46. The molecule has 0 unspecified atom stereocenters. The van der Waals surface area contributed by atoms with Crippen LogP contribution in [-0.4, -0.2) is 74.5 Å². The average molecular weight is 413 g/mol. The Morgan fingerprint density at radius 3 is 2.64 bits per heavy atom. The summed E-state index contributed by atoms with van der Waals surface area (Å²) in [5.41, 5.74) is -3.43. The molecular weight excluding hydrogens is 388 g/mol. The van der Waals surface area contributed by atoms with Crippen molar-refractivity contribution in [2.75, 3.05) is 6.61 Å². The molecule has 0 aromatic heterocycles. The average Bonchev–Trinajstić information content (AvgIpc) is 3.23. The van der Waals surface area contributed by atoms with E-state index in [1.54, 1.807) is 0 Å². The number of epoxide rings is 1. The fraction of sp³-hybridized carbons (Fsp3) is 0.850. The highest BCUT2D eigenvalue weighted by atomic mass is 35.5. The molecule has 28 heavy (non-hydrogen) atoms. The maximum absolute atomic E-state index is 12.2. The van der Waals surface area contributed by atoms with Gasteiger partial charge >= 0.3 is 5.97 Å². The topological polar surface area (TPSA) is 109 Å². The number of fused-ring (bicyclic) bond motifs is 3. The summed E-state index contributed by atoms with van der Waals surface area (Å²) in [5.74, 6) is -0.764. The van der Waals surface area contributed by atoms with Gasteiger partial charge in [-0.25, -0.2) is 4.79 Å². The monoisotopic (exact) mass is 412 g/mol. The van der Waals surface area contributed by atoms with Gasteiger partial charge in [-0.3, -0.25) is 0 Å². The van der Waals surface area contributed by atoms with Crippen molar-refractivity contribution in [3.8, 4) is 0 Å². The highest BCUT2D eigenvalue weighted by Crippen LogP contribution is 2.77. The summed E-state index contributed by atoms with van der Waals surface area (Å²) in [6, 6.07) is 0. The lowest BCUT2D eigenvalue weighted by Gasteiger charge is -2.59. The van der Waals surface area contributed by atoms with E-state index in [1.165, 1.54) is 0 Å². The lowest BCUT2D eigenvalue weighted by Crippen LogP contribution is -2.76. The number of hydrogen-bond acceptors (Lipinski definition) is 7. The van der Waals surface area contributed by atoms with Crippen molar-refractivity contribution in [1.82, 2.24) is 0 Å². The number of carbonyl (C=O) groups is 1. The molecule has 2 saturated heterocycles. The molecule has 6 rings (SSSR count). The molecule has 6 aliphatic rings. The molecule has 154 valence electrons. The van der Waals surface area contributed by atoms with Gasteiger partial charge < -0.3 is 29.5 Å². The molecule has 3 heterocycles. The lowest BCUT2D eigenvalue weighted by molar-refractivity contribution is -0.210. The number of alkyl halides is 1. The minimum absolute atomic E-state index is 0.131. The Morgan fingerprint density at radius 1 is 1.25 bits per heavy atom. The van der Waals surface area contributed by atoms with Crippen molar-refractivity contribution in [2.45, 2.75) is 80.2 Å². The molecule has 3 aliphatic heterocycles. The molecule has 7 nitrogen and oxygen atoms in total. The zero-order chi connectivity index (χ0) is 20.0. The van der Waals surface area contributed by atoms with Gasteiger partial charge in [-0.1, -0.05) is 20.8 Å². The maximum Gasteiger partial charge on any atom is 0.337 e. The van der Waals surface area contributed by atoms with E-state index in [1.807, 2.05) is 20.8 Å². The first-order valence-corrected chi connectivity index (χ1v) is 10.5. The van der Waals surface area contributed by atoms with Crippen LogP contribution in [0.5, 0.6) is 0 Å². The van der Waals surface area contributed by atoms with Gasteiger partial charge in [0, 0.05) is 5.41 Å². The van der Waals surface area contributed by atoms with Gasteiger partial charge in [0.1, 0.15) is 30.0 Å². The first-order valence-electron chi connectivity index (χ1n) is 10.1. The maximum atomic E-state index is 12.2. The fourth-order valence-corrected chi connectivity index (χ4v) is 8.26. The van der Waals surface area contributed by atoms with E-state index in [9.17, 15) is 20.1 Å². The van der Waals surface area contributed by atoms with Crippen LogP contribution in [0.2, 0.25) is 0 Å². The van der Waals surface area contributed by atoms with E-state index in [0.717, 1.165) is 5.57 Å². The number of aliphatic hydroxyl groups is 3. The van der Waals surface area contributed by atoms with Crippen LogP contribution in [-0.2, 0) is 19.0 Å². The number of cyclic esters (lactones) is 1. The van der Waals surface area contributed by atoms with Crippen molar-refractivity contribution in [3.05, 3.63) is 11.1 Å². The molecule has 8 heteroatoms. The Bertz CT molecular complexity index is 842. The van der Waals surface area contributed by atoms with Gasteiger partial charge in [0.15, 0.2) is 5.60 Å². The Hall–Kier alpha value is -0.700. The van der Waals surface area contributed by atoms with Crippen LogP contribution < -0.4 is 0 Å². The molecule has 0 amide bonds. The Labute approximate surface area is 167 Å². The largest absolute Gasteiger partial charge is 0.458 e. The van der Waals surface area contributed by atoms with Gasteiger partial charge in [0.25, 0.3) is 0 Å². The second kappa shape index (κ2) is 4.79. The SMILES string of the molecule is CC(C)[C@@]12O[C@@H]3C[C@H]4C5=C(C(=O)OC5)[C@@H](O)C[C@]4(C)[C@@]4(O[C@@H]4[C@H]1Cl)[C@]3(O)[C@@H]2O. The molecule has 10 atom stereocenters. The summed E-state index contributed by atoms with van der Waals surface area (Å²) >= 11 is 6.86. The van der Waals surface area contributed by atoms with Gasteiger partial charge in [0.05, 0.1) is 23.2 Å². The minimum atomic E-state index is -1.61. The number of hydrogen-bond donors (Lipinski definition) is 3. The van der Waals surface area contributed by atoms with Gasteiger partial charge in [0.2, 0.25) is 0 Å². The van der Waals surface area contributed by atoms with Crippen LogP contribution in [0.4, 0.5) is 0 Å². The zero-order valence-electron chi connectivity index (χ0n) is 16.0. The summed E-state index contributed by atoms with van der Waals surface area (Å²) in [4.78, 5) is 12.2. The van der Waals surface area contributed by atoms with E-state index < -0.39 is 58.0 Å². The van der Waals surface area contributed by atoms with Crippen molar-refractivity contribution >= 4 is 17.6 Å². The molecule has 3 N–H and O–H groups in total. The number of halogens is 1. The molecule has 0 aromatic rings. The zero-order valence-corrected chi connectivity index (χ0v) is 16.8. The number of carbonyl (C=O) groups excluding carboxylic acids is 1. The number of rotatable bonds is 1. The predicted molar refractivity (Wildman–Crippen MR) is 95.5 cm³/mol. The van der Waals surface area contributed by atoms with E-state index in [2.05, 4.69) is 0 Å². The normalized spacial score (nSPS) is 61.1. The second-order valence-corrected chi connectivity index (χ2v) is 10.4. The molecular formula is C20H25ClO7. The van der Waals surface area contributed by atoms with Gasteiger partial charge in [-0.2, -0.15) is 0 Å². The summed E-state index contributed by atoms with van der Waals surface area (Å²) in [6.07, 6.45) is -2.69. The van der Waals surface area contributed by atoms with Gasteiger partial charge in [-0.15, -0.1) is 11.6 Å². The summed E-state index contributed by atoms with van der Waals surface area (Å²) in [7, 11) is 0. The summed E-state index contributed by atoms with van der Waals surface area (Å²) in [5, 5.41) is 33.5. The molecule has 2 saturated carbocycles. The quantitative estimate of drug-likeness (QED) is 0.322. The third-order valence-corrected chi connectivity index (χ3v) is 9.47. The standard InChI is InChI=1S/C20H25ClO7/c1-7(2)18-13(21)14-20(28-14)17(3)5-10(22)12-8(6-26-15(12)23)9(17)4-11(27-18)19(20,25)16(18)24/h7,9-11,13-14,16,22,24-25H,4-6H2,1-3H3/t9-,10-,11+,13+,14+,16+,17-,18+,19+,20+/m0/s1. The van der Waals surface area contributed by atoms with Crippen LogP contribution in [0.1, 0.15) is 33.6 Å². The summed E-state index contributed by atoms with van der Waals surface area (Å²) < 4.78 is 17.9. The van der Waals surface area contributed by atoms with E-state index in [4.69, 9.17) is 25.8 Å². The number of ether oxygens (including phenoxy) is 3. The summed E-state index contributed by atoms with van der Waals surface area (Å²) in [6.45, 7) is 5.97. The highest BCUT2D eigenvalue weighted by molar-refractivity contribution is 6.22. The molecule has 2 bridgehead atoms. The first-order chi connectivity index (χ1) is 13.1. The van der Waals surface area contributed by atoms with Crippen molar-refractivity contribution in [2.24, 2.45) is 17.3 Å². The van der Waals surface area contributed by atoms with Crippen molar-refractivity contribution < 1.29 is 34.3 Å². The Morgan fingerprint density at radius 2 is 1.96 bits per heavy atom. The smallest absolute Gasteiger partial charge is 0.337 e. The molecule has 1 spiro atoms. The van der Waals surface area contributed by atoms with Crippen LogP contribution in [0.15, 0.2) is 11.1 Å². The lowest BCUT2D eigenvalue weighted by atomic mass is 9.45. The van der Waals surface area contributed by atoms with Crippen molar-refractivity contribution in [1.29, 1.82) is 0 Å². The molecule has 0 aromatic carbocycles.